The van der Waals surface area contributed by atoms with Gasteiger partial charge in [-0.15, -0.1) is 0 Å². The second-order valence-corrected chi connectivity index (χ2v) is 11.2. The average molecular weight is 547 g/mol. The number of carbonyl (C=O) groups is 1. The highest BCUT2D eigenvalue weighted by Crippen LogP contribution is 2.43. The topological polar surface area (TPSA) is 66.5 Å². The van der Waals surface area contributed by atoms with E-state index in [9.17, 15) is 30.8 Å². The Morgan fingerprint density at radius 2 is 1.66 bits per heavy atom. The molecule has 1 N–H and O–H groups in total. The minimum absolute atomic E-state index is 0.132. The van der Waals surface area contributed by atoms with Gasteiger partial charge in [0, 0.05) is 13.6 Å². The van der Waals surface area contributed by atoms with Gasteiger partial charge in [0.1, 0.15) is 11.4 Å². The number of sulfonamides is 1. The molecule has 10 heteroatoms. The standard InChI is InChI=1S/C28H26F4N2O3S/c1-34(38(36,37)17-3-5-20-7-13-25(29)14-8-20)27(15-16-27)26(35)33-19-21-4-2-6-23(18-21)22-9-11-24(12-10-22)28(30,31)32/h2-14,18H,15-17,19H2,1H3,(H,33,35). The zero-order valence-corrected chi connectivity index (χ0v) is 21.3. The van der Waals surface area contributed by atoms with Gasteiger partial charge in [-0.05, 0) is 65.4 Å². The van der Waals surface area contributed by atoms with Crippen molar-refractivity contribution in [3.05, 3.63) is 101 Å². The molecule has 200 valence electrons. The van der Waals surface area contributed by atoms with E-state index in [2.05, 4.69) is 5.32 Å². The van der Waals surface area contributed by atoms with Crippen molar-refractivity contribution < 1.29 is 30.8 Å². The van der Waals surface area contributed by atoms with Gasteiger partial charge in [0.05, 0.1) is 11.3 Å². The average Bonchev–Trinajstić information content (AvgIpc) is 3.70. The van der Waals surface area contributed by atoms with Crippen molar-refractivity contribution in [2.45, 2.75) is 31.1 Å². The highest BCUT2D eigenvalue weighted by molar-refractivity contribution is 7.89. The first kappa shape index (κ1) is 27.5. The van der Waals surface area contributed by atoms with Crippen molar-refractivity contribution in [1.82, 2.24) is 9.62 Å². The van der Waals surface area contributed by atoms with E-state index in [-0.39, 0.29) is 18.1 Å². The lowest BCUT2D eigenvalue weighted by molar-refractivity contribution is -0.137. The van der Waals surface area contributed by atoms with Crippen LogP contribution < -0.4 is 5.32 Å². The summed E-state index contributed by atoms with van der Waals surface area (Å²) in [5.74, 6) is -1.11. The smallest absolute Gasteiger partial charge is 0.350 e. The number of hydrogen-bond donors (Lipinski definition) is 1. The molecule has 0 unspecified atom stereocenters. The zero-order valence-electron chi connectivity index (χ0n) is 20.5. The molecule has 1 aliphatic carbocycles. The Labute approximate surface area is 218 Å². The molecule has 0 aliphatic heterocycles. The quantitative estimate of drug-likeness (QED) is 0.354. The molecule has 0 atom stereocenters. The van der Waals surface area contributed by atoms with Crippen LogP contribution in [0, 0.1) is 5.82 Å². The summed E-state index contributed by atoms with van der Waals surface area (Å²) in [5.41, 5.74) is 0.780. The normalized spacial score (nSPS) is 15.1. The molecule has 1 saturated carbocycles. The van der Waals surface area contributed by atoms with E-state index in [1.165, 1.54) is 49.5 Å². The number of benzene rings is 3. The Balaban J connectivity index is 1.38. The summed E-state index contributed by atoms with van der Waals surface area (Å²) >= 11 is 0. The predicted octanol–water partition coefficient (Wildman–Crippen LogP) is 5.64. The number of likely N-dealkylation sites (N-methyl/N-ethyl adjacent to an activating group) is 1. The molecule has 1 aliphatic rings. The molecule has 0 saturated heterocycles. The van der Waals surface area contributed by atoms with E-state index in [0.29, 0.717) is 29.5 Å². The van der Waals surface area contributed by atoms with Crippen LogP contribution in [0.15, 0.2) is 78.9 Å². The summed E-state index contributed by atoms with van der Waals surface area (Å²) in [6, 6.07) is 17.5. The number of rotatable bonds is 9. The van der Waals surface area contributed by atoms with Crippen molar-refractivity contribution in [3.63, 3.8) is 0 Å². The maximum atomic E-state index is 13.0. The minimum Gasteiger partial charge on any atom is -0.350 e. The Morgan fingerprint density at radius 1 is 1.00 bits per heavy atom. The van der Waals surface area contributed by atoms with Crippen LogP contribution in [0.25, 0.3) is 17.2 Å². The number of halogens is 4. The summed E-state index contributed by atoms with van der Waals surface area (Å²) in [7, 11) is -2.40. The minimum atomic E-state index is -4.41. The number of nitrogens with zero attached hydrogens (tertiary/aromatic N) is 1. The van der Waals surface area contributed by atoms with E-state index in [0.717, 1.165) is 22.0 Å². The zero-order chi connectivity index (χ0) is 27.6. The van der Waals surface area contributed by atoms with Crippen LogP contribution in [-0.2, 0) is 27.5 Å². The highest BCUT2D eigenvalue weighted by Gasteiger charge is 2.56. The summed E-state index contributed by atoms with van der Waals surface area (Å²) < 4.78 is 78.5. The molecule has 0 heterocycles. The maximum absolute atomic E-state index is 13.0. The lowest BCUT2D eigenvalue weighted by atomic mass is 10.0. The number of amides is 1. The lowest BCUT2D eigenvalue weighted by Gasteiger charge is -2.26. The van der Waals surface area contributed by atoms with Crippen LogP contribution in [0.4, 0.5) is 17.6 Å². The van der Waals surface area contributed by atoms with Gasteiger partial charge in [0.25, 0.3) is 0 Å². The molecular formula is C28H26F4N2O3S. The third-order valence-corrected chi connectivity index (χ3v) is 8.38. The van der Waals surface area contributed by atoms with Gasteiger partial charge in [0.15, 0.2) is 0 Å². The molecule has 0 spiro atoms. The Hall–Kier alpha value is -3.50. The first-order chi connectivity index (χ1) is 17.9. The fourth-order valence-corrected chi connectivity index (χ4v) is 5.48. The third-order valence-electron chi connectivity index (χ3n) is 6.58. The Morgan fingerprint density at radius 3 is 2.26 bits per heavy atom. The molecule has 3 aromatic rings. The molecule has 0 radical (unpaired) electrons. The summed E-state index contributed by atoms with van der Waals surface area (Å²) in [5, 5.41) is 2.80. The molecule has 1 fully saturated rings. The van der Waals surface area contributed by atoms with E-state index in [1.54, 1.807) is 30.3 Å². The van der Waals surface area contributed by atoms with Crippen LogP contribution in [0.1, 0.15) is 29.5 Å². The molecular weight excluding hydrogens is 520 g/mol. The fourth-order valence-electron chi connectivity index (χ4n) is 4.12. The number of carbonyl (C=O) groups excluding carboxylic acids is 1. The maximum Gasteiger partial charge on any atom is 0.416 e. The van der Waals surface area contributed by atoms with Crippen molar-refractivity contribution in [3.8, 4) is 11.1 Å². The van der Waals surface area contributed by atoms with E-state index < -0.39 is 33.2 Å². The van der Waals surface area contributed by atoms with Gasteiger partial charge in [-0.3, -0.25) is 4.79 Å². The monoisotopic (exact) mass is 546 g/mol. The molecule has 5 nitrogen and oxygen atoms in total. The number of hydrogen-bond acceptors (Lipinski definition) is 3. The van der Waals surface area contributed by atoms with Gasteiger partial charge >= 0.3 is 6.18 Å². The predicted molar refractivity (Wildman–Crippen MR) is 138 cm³/mol. The van der Waals surface area contributed by atoms with E-state index in [1.807, 2.05) is 0 Å². The van der Waals surface area contributed by atoms with Gasteiger partial charge in [-0.1, -0.05) is 54.6 Å². The first-order valence-electron chi connectivity index (χ1n) is 11.8. The molecule has 38 heavy (non-hydrogen) atoms. The van der Waals surface area contributed by atoms with Gasteiger partial charge in [0.2, 0.25) is 15.9 Å². The van der Waals surface area contributed by atoms with Crippen molar-refractivity contribution in [2.24, 2.45) is 0 Å². The van der Waals surface area contributed by atoms with Crippen molar-refractivity contribution in [2.75, 3.05) is 12.8 Å². The second-order valence-electron chi connectivity index (χ2n) is 9.19. The molecule has 1 amide bonds. The summed E-state index contributed by atoms with van der Waals surface area (Å²) in [6.45, 7) is 0.132. The fraction of sp³-hybridized carbons (Fsp3) is 0.250. The Kier molecular flexibility index (Phi) is 7.75. The van der Waals surface area contributed by atoms with Crippen LogP contribution >= 0.6 is 0 Å². The van der Waals surface area contributed by atoms with Gasteiger partial charge in [-0.2, -0.15) is 17.5 Å². The summed E-state index contributed by atoms with van der Waals surface area (Å²) in [4.78, 5) is 13.0. The molecule has 3 aromatic carbocycles. The van der Waals surface area contributed by atoms with Crippen molar-refractivity contribution >= 4 is 22.0 Å². The molecule has 0 bridgehead atoms. The van der Waals surface area contributed by atoms with Gasteiger partial charge in [-0.25, -0.2) is 12.8 Å². The highest BCUT2D eigenvalue weighted by atomic mass is 32.2. The summed E-state index contributed by atoms with van der Waals surface area (Å²) in [6.07, 6.45) is -0.597. The number of nitrogens with one attached hydrogen (secondary N) is 1. The van der Waals surface area contributed by atoms with Crippen LogP contribution in [0.2, 0.25) is 0 Å². The van der Waals surface area contributed by atoms with E-state index in [4.69, 9.17) is 0 Å². The Bertz CT molecular complexity index is 1430. The largest absolute Gasteiger partial charge is 0.416 e. The molecule has 4 rings (SSSR count). The van der Waals surface area contributed by atoms with E-state index >= 15 is 0 Å². The van der Waals surface area contributed by atoms with Crippen LogP contribution in [-0.4, -0.2) is 37.0 Å². The second kappa shape index (κ2) is 10.7. The number of alkyl halides is 3. The molecule has 0 aromatic heterocycles. The third kappa shape index (κ3) is 6.31. The van der Waals surface area contributed by atoms with Crippen LogP contribution in [0.3, 0.4) is 0 Å². The lowest BCUT2D eigenvalue weighted by Crippen LogP contribution is -2.50. The van der Waals surface area contributed by atoms with Crippen LogP contribution in [0.5, 0.6) is 0 Å². The van der Waals surface area contributed by atoms with Gasteiger partial charge < -0.3 is 5.32 Å². The SMILES string of the molecule is CN(C1(C(=O)NCc2cccc(-c3ccc(C(F)(F)F)cc3)c2)CC1)S(=O)(=O)CC=Cc1ccc(F)cc1. The van der Waals surface area contributed by atoms with Crippen molar-refractivity contribution in [1.29, 1.82) is 0 Å². The first-order valence-corrected chi connectivity index (χ1v) is 13.5.